The molecular weight excluding hydrogens is 429 g/mol. The van der Waals surface area contributed by atoms with Crippen molar-refractivity contribution in [2.75, 3.05) is 26.1 Å². The molecule has 31 heavy (non-hydrogen) atoms. The van der Waals surface area contributed by atoms with Crippen molar-refractivity contribution >= 4 is 50.9 Å². The van der Waals surface area contributed by atoms with Gasteiger partial charge in [0.25, 0.3) is 5.91 Å². The van der Waals surface area contributed by atoms with Crippen LogP contribution in [0, 0.1) is 5.82 Å². The highest BCUT2D eigenvalue weighted by Gasteiger charge is 2.17. The van der Waals surface area contributed by atoms with Gasteiger partial charge in [-0.3, -0.25) is 4.79 Å². The highest BCUT2D eigenvalue weighted by molar-refractivity contribution is 7.20. The van der Waals surface area contributed by atoms with E-state index in [1.54, 1.807) is 6.07 Å². The van der Waals surface area contributed by atoms with Crippen LogP contribution in [0.1, 0.15) is 30.4 Å². The molecule has 0 aliphatic carbocycles. The average Bonchev–Trinajstić information content (AvgIpc) is 3.22. The second kappa shape index (κ2) is 9.35. The van der Waals surface area contributed by atoms with Gasteiger partial charge < -0.3 is 19.5 Å². The molecule has 160 valence electrons. The summed E-state index contributed by atoms with van der Waals surface area (Å²) in [4.78, 5) is 48.2. The van der Waals surface area contributed by atoms with Gasteiger partial charge in [0.05, 0.1) is 25.3 Å². The number of esters is 3. The molecule has 1 N–H and O–H groups in total. The van der Waals surface area contributed by atoms with Crippen LogP contribution in [0.2, 0.25) is 0 Å². The Hall–Kier alpha value is -3.79. The molecule has 3 rings (SSSR count). The van der Waals surface area contributed by atoms with Gasteiger partial charge in [-0.15, -0.1) is 11.3 Å². The fourth-order valence-electron chi connectivity index (χ4n) is 2.70. The van der Waals surface area contributed by atoms with E-state index >= 15 is 0 Å². The number of rotatable bonds is 6. The van der Waals surface area contributed by atoms with E-state index in [1.165, 1.54) is 50.6 Å². The van der Waals surface area contributed by atoms with Gasteiger partial charge in [0.2, 0.25) is 0 Å². The summed E-state index contributed by atoms with van der Waals surface area (Å²) in [6.07, 6.45) is 0. The van der Waals surface area contributed by atoms with Gasteiger partial charge in [0.15, 0.2) is 6.61 Å². The number of halogens is 1. The number of methoxy groups -OCH3 is 2. The van der Waals surface area contributed by atoms with E-state index in [-0.39, 0.29) is 21.7 Å². The standard InChI is InChI=1S/C21H16FNO7S/c1-28-19(25)11-6-12(20(26)29-2)8-13(7-11)23-18(24)10-30-21(27)17-9-14-15(22)4-3-5-16(14)31-17/h3-9H,10H2,1-2H3,(H,23,24). The number of ether oxygens (including phenoxy) is 3. The number of carbonyl (C=O) groups is 4. The fourth-order valence-corrected chi connectivity index (χ4v) is 3.67. The van der Waals surface area contributed by atoms with E-state index in [4.69, 9.17) is 4.74 Å². The molecule has 0 atom stereocenters. The summed E-state index contributed by atoms with van der Waals surface area (Å²) in [5.74, 6) is -3.39. The first-order valence-electron chi connectivity index (χ1n) is 8.79. The molecule has 0 fully saturated rings. The predicted octanol–water partition coefficient (Wildman–Crippen LogP) is 3.41. The van der Waals surface area contributed by atoms with Crippen LogP contribution in [0.4, 0.5) is 10.1 Å². The molecule has 2 aromatic carbocycles. The van der Waals surface area contributed by atoms with Crippen molar-refractivity contribution in [3.63, 3.8) is 0 Å². The molecule has 0 aliphatic heterocycles. The average molecular weight is 445 g/mol. The third-order valence-electron chi connectivity index (χ3n) is 4.10. The maximum atomic E-state index is 13.8. The lowest BCUT2D eigenvalue weighted by Gasteiger charge is -2.09. The number of thiophene rings is 1. The molecule has 1 heterocycles. The number of amides is 1. The van der Waals surface area contributed by atoms with Crippen molar-refractivity contribution in [3.05, 3.63) is 64.3 Å². The Kier molecular flexibility index (Phi) is 6.61. The van der Waals surface area contributed by atoms with Crippen LogP contribution in [0.5, 0.6) is 0 Å². The molecule has 3 aromatic rings. The van der Waals surface area contributed by atoms with Crippen LogP contribution in [-0.2, 0) is 19.0 Å². The summed E-state index contributed by atoms with van der Waals surface area (Å²) in [6.45, 7) is -0.633. The highest BCUT2D eigenvalue weighted by Crippen LogP contribution is 2.28. The molecule has 0 saturated carbocycles. The number of nitrogens with one attached hydrogen (secondary N) is 1. The molecule has 10 heteroatoms. The minimum atomic E-state index is -0.783. The fraction of sp³-hybridized carbons (Fsp3) is 0.143. The summed E-state index contributed by atoms with van der Waals surface area (Å²) in [5.41, 5.74) is 0.142. The Morgan fingerprint density at radius 1 is 0.935 bits per heavy atom. The lowest BCUT2D eigenvalue weighted by molar-refractivity contribution is -0.119. The normalized spacial score (nSPS) is 10.4. The van der Waals surface area contributed by atoms with Gasteiger partial charge >= 0.3 is 17.9 Å². The Morgan fingerprint density at radius 2 is 1.58 bits per heavy atom. The second-order valence-corrected chi connectivity index (χ2v) is 7.25. The monoisotopic (exact) mass is 445 g/mol. The number of hydrogen-bond acceptors (Lipinski definition) is 8. The van der Waals surface area contributed by atoms with Crippen molar-refractivity contribution in [1.29, 1.82) is 0 Å². The minimum Gasteiger partial charge on any atom is -0.465 e. The minimum absolute atomic E-state index is 0.0185. The maximum absolute atomic E-state index is 13.8. The van der Waals surface area contributed by atoms with Crippen LogP contribution >= 0.6 is 11.3 Å². The third kappa shape index (κ3) is 5.04. The zero-order valence-electron chi connectivity index (χ0n) is 16.4. The second-order valence-electron chi connectivity index (χ2n) is 6.17. The zero-order valence-corrected chi connectivity index (χ0v) is 17.2. The van der Waals surface area contributed by atoms with Crippen molar-refractivity contribution in [1.82, 2.24) is 0 Å². The van der Waals surface area contributed by atoms with Crippen LogP contribution in [0.3, 0.4) is 0 Å². The van der Waals surface area contributed by atoms with E-state index in [9.17, 15) is 23.6 Å². The zero-order chi connectivity index (χ0) is 22.5. The lowest BCUT2D eigenvalue weighted by Crippen LogP contribution is -2.21. The lowest BCUT2D eigenvalue weighted by atomic mass is 10.1. The van der Waals surface area contributed by atoms with Gasteiger partial charge in [-0.1, -0.05) is 6.07 Å². The van der Waals surface area contributed by atoms with E-state index < -0.39 is 36.2 Å². The Bertz CT molecular complexity index is 1150. The van der Waals surface area contributed by atoms with Crippen molar-refractivity contribution in [3.8, 4) is 0 Å². The smallest absolute Gasteiger partial charge is 0.348 e. The van der Waals surface area contributed by atoms with Crippen molar-refractivity contribution in [2.24, 2.45) is 0 Å². The highest BCUT2D eigenvalue weighted by atomic mass is 32.1. The molecular formula is C21H16FNO7S. The van der Waals surface area contributed by atoms with Crippen LogP contribution in [-0.4, -0.2) is 44.6 Å². The van der Waals surface area contributed by atoms with Gasteiger partial charge in [0.1, 0.15) is 10.7 Å². The van der Waals surface area contributed by atoms with Crippen molar-refractivity contribution in [2.45, 2.75) is 0 Å². The maximum Gasteiger partial charge on any atom is 0.348 e. The van der Waals surface area contributed by atoms with Crippen LogP contribution < -0.4 is 5.32 Å². The Labute approximate surface area is 179 Å². The predicted molar refractivity (Wildman–Crippen MR) is 110 cm³/mol. The van der Waals surface area contributed by atoms with Gasteiger partial charge in [0, 0.05) is 15.8 Å². The van der Waals surface area contributed by atoms with Gasteiger partial charge in [-0.25, -0.2) is 18.8 Å². The molecule has 1 aromatic heterocycles. The van der Waals surface area contributed by atoms with E-state index in [1.807, 2.05) is 0 Å². The van der Waals surface area contributed by atoms with E-state index in [0.29, 0.717) is 10.1 Å². The molecule has 8 nitrogen and oxygen atoms in total. The van der Waals surface area contributed by atoms with E-state index in [2.05, 4.69) is 14.8 Å². The molecule has 0 aliphatic rings. The third-order valence-corrected chi connectivity index (χ3v) is 5.18. The number of carbonyl (C=O) groups excluding carboxylic acids is 4. The summed E-state index contributed by atoms with van der Waals surface area (Å²) < 4.78 is 28.6. The molecule has 0 bridgehead atoms. The quantitative estimate of drug-likeness (QED) is 0.458. The van der Waals surface area contributed by atoms with Crippen LogP contribution in [0.25, 0.3) is 10.1 Å². The number of fused-ring (bicyclic) bond motifs is 1. The SMILES string of the molecule is COC(=O)c1cc(NC(=O)COC(=O)c2cc3c(F)cccc3s2)cc(C(=O)OC)c1. The summed E-state index contributed by atoms with van der Waals surface area (Å²) >= 11 is 1.04. The molecule has 0 unspecified atom stereocenters. The Balaban J connectivity index is 1.69. The molecule has 1 amide bonds. The van der Waals surface area contributed by atoms with E-state index in [0.717, 1.165) is 11.3 Å². The Morgan fingerprint density at radius 3 is 2.16 bits per heavy atom. The molecule has 0 spiro atoms. The molecule has 0 saturated heterocycles. The van der Waals surface area contributed by atoms with Gasteiger partial charge in [-0.2, -0.15) is 0 Å². The van der Waals surface area contributed by atoms with Crippen molar-refractivity contribution < 1.29 is 37.8 Å². The first-order valence-corrected chi connectivity index (χ1v) is 9.60. The first-order chi connectivity index (χ1) is 14.8. The van der Waals surface area contributed by atoms with Gasteiger partial charge in [-0.05, 0) is 36.4 Å². The number of hydrogen-bond donors (Lipinski definition) is 1. The largest absolute Gasteiger partial charge is 0.465 e. The number of anilines is 1. The first kappa shape index (κ1) is 21.9. The topological polar surface area (TPSA) is 108 Å². The molecule has 0 radical (unpaired) electrons. The van der Waals surface area contributed by atoms with Crippen LogP contribution in [0.15, 0.2) is 42.5 Å². The summed E-state index contributed by atoms with van der Waals surface area (Å²) in [6, 6.07) is 9.69. The number of benzene rings is 2. The summed E-state index contributed by atoms with van der Waals surface area (Å²) in [7, 11) is 2.34. The summed E-state index contributed by atoms with van der Waals surface area (Å²) in [5, 5.41) is 2.73.